The van der Waals surface area contributed by atoms with Crippen LogP contribution in [0.1, 0.15) is 12.5 Å². The molecule has 0 heterocycles. The van der Waals surface area contributed by atoms with Crippen molar-refractivity contribution in [3.63, 3.8) is 0 Å². The predicted octanol–water partition coefficient (Wildman–Crippen LogP) is 3.02. The van der Waals surface area contributed by atoms with E-state index < -0.39 is 17.3 Å². The van der Waals surface area contributed by atoms with Crippen LogP contribution in [0.2, 0.25) is 0 Å². The number of ether oxygens (including phenoxy) is 1. The van der Waals surface area contributed by atoms with E-state index in [0.717, 1.165) is 12.1 Å². The highest BCUT2D eigenvalue weighted by Crippen LogP contribution is 2.31. The molecule has 0 bridgehead atoms. The van der Waals surface area contributed by atoms with Gasteiger partial charge in [0.1, 0.15) is 18.0 Å². The zero-order valence-electron chi connectivity index (χ0n) is 9.29. The van der Waals surface area contributed by atoms with Crippen molar-refractivity contribution in [3.8, 4) is 5.75 Å². The van der Waals surface area contributed by atoms with Crippen molar-refractivity contribution >= 4 is 0 Å². The molecule has 0 aromatic heterocycles. The molecular weight excluding hydrogens is 233 g/mol. The molecule has 17 heavy (non-hydrogen) atoms. The van der Waals surface area contributed by atoms with E-state index in [2.05, 4.69) is 6.58 Å². The maximum absolute atomic E-state index is 12.4. The van der Waals surface area contributed by atoms with Crippen LogP contribution in [0.3, 0.4) is 0 Å². The Morgan fingerprint density at radius 1 is 1.41 bits per heavy atom. The van der Waals surface area contributed by atoms with E-state index >= 15 is 0 Å². The lowest BCUT2D eigenvalue weighted by atomic mass is 10.1. The van der Waals surface area contributed by atoms with Gasteiger partial charge in [0, 0.05) is 0 Å². The van der Waals surface area contributed by atoms with Crippen molar-refractivity contribution in [3.05, 3.63) is 42.5 Å². The second-order valence-corrected chi connectivity index (χ2v) is 3.88. The summed E-state index contributed by atoms with van der Waals surface area (Å²) in [5.41, 5.74) is -2.05. The van der Waals surface area contributed by atoms with Gasteiger partial charge in [0.25, 0.3) is 0 Å². The SMILES string of the molecule is C=CC(C)(O)COc1cccc(C(F)(F)F)c1. The molecule has 1 aromatic carbocycles. The predicted molar refractivity (Wildman–Crippen MR) is 57.8 cm³/mol. The summed E-state index contributed by atoms with van der Waals surface area (Å²) in [5, 5.41) is 9.55. The molecule has 1 aromatic rings. The highest BCUT2D eigenvalue weighted by atomic mass is 19.4. The summed E-state index contributed by atoms with van der Waals surface area (Å²) < 4.78 is 42.2. The lowest BCUT2D eigenvalue weighted by molar-refractivity contribution is -0.137. The van der Waals surface area contributed by atoms with E-state index in [0.29, 0.717) is 0 Å². The molecular formula is C12H13F3O2. The molecule has 5 heteroatoms. The minimum atomic E-state index is -4.40. The first-order chi connectivity index (χ1) is 7.74. The molecule has 1 N–H and O–H groups in total. The van der Waals surface area contributed by atoms with Crippen LogP contribution in [0.25, 0.3) is 0 Å². The molecule has 2 nitrogen and oxygen atoms in total. The smallest absolute Gasteiger partial charge is 0.416 e. The second kappa shape index (κ2) is 4.79. The Morgan fingerprint density at radius 2 is 2.06 bits per heavy atom. The molecule has 1 atom stereocenters. The molecule has 1 rings (SSSR count). The second-order valence-electron chi connectivity index (χ2n) is 3.88. The van der Waals surface area contributed by atoms with Crippen molar-refractivity contribution in [2.75, 3.05) is 6.61 Å². The zero-order chi connectivity index (χ0) is 13.1. The van der Waals surface area contributed by atoms with Crippen molar-refractivity contribution in [1.82, 2.24) is 0 Å². The Kier molecular flexibility index (Phi) is 3.83. The van der Waals surface area contributed by atoms with Gasteiger partial charge in [-0.3, -0.25) is 0 Å². The van der Waals surface area contributed by atoms with Crippen LogP contribution in [0, 0.1) is 0 Å². The fourth-order valence-corrected chi connectivity index (χ4v) is 1.05. The van der Waals surface area contributed by atoms with Crippen molar-refractivity contribution in [2.45, 2.75) is 18.7 Å². The van der Waals surface area contributed by atoms with Gasteiger partial charge in [-0.15, -0.1) is 6.58 Å². The van der Waals surface area contributed by atoms with Gasteiger partial charge in [0.05, 0.1) is 5.56 Å². The van der Waals surface area contributed by atoms with Crippen LogP contribution < -0.4 is 4.74 Å². The first kappa shape index (κ1) is 13.6. The monoisotopic (exact) mass is 246 g/mol. The van der Waals surface area contributed by atoms with Crippen LogP contribution in [0.4, 0.5) is 13.2 Å². The molecule has 94 valence electrons. The van der Waals surface area contributed by atoms with Gasteiger partial charge in [0.2, 0.25) is 0 Å². The van der Waals surface area contributed by atoms with E-state index in [-0.39, 0.29) is 12.4 Å². The first-order valence-corrected chi connectivity index (χ1v) is 4.91. The van der Waals surface area contributed by atoms with E-state index in [4.69, 9.17) is 4.74 Å². The minimum Gasteiger partial charge on any atom is -0.490 e. The van der Waals surface area contributed by atoms with Crippen LogP contribution in [-0.2, 0) is 6.18 Å². The quantitative estimate of drug-likeness (QED) is 0.827. The lowest BCUT2D eigenvalue weighted by Crippen LogP contribution is -2.29. The topological polar surface area (TPSA) is 29.5 Å². The molecule has 0 aliphatic carbocycles. The molecule has 0 aliphatic heterocycles. The third-order valence-electron chi connectivity index (χ3n) is 2.13. The van der Waals surface area contributed by atoms with Crippen molar-refractivity contribution < 1.29 is 23.0 Å². The van der Waals surface area contributed by atoms with Gasteiger partial charge in [0.15, 0.2) is 0 Å². The van der Waals surface area contributed by atoms with Crippen LogP contribution in [0.15, 0.2) is 36.9 Å². The molecule has 0 spiro atoms. The van der Waals surface area contributed by atoms with Crippen molar-refractivity contribution in [1.29, 1.82) is 0 Å². The molecule has 0 saturated heterocycles. The lowest BCUT2D eigenvalue weighted by Gasteiger charge is -2.19. The third-order valence-corrected chi connectivity index (χ3v) is 2.13. The number of aliphatic hydroxyl groups is 1. The first-order valence-electron chi connectivity index (χ1n) is 4.91. The minimum absolute atomic E-state index is 0.0574. The van der Waals surface area contributed by atoms with Crippen molar-refractivity contribution in [2.24, 2.45) is 0 Å². The summed E-state index contributed by atoms with van der Waals surface area (Å²) in [7, 11) is 0. The maximum atomic E-state index is 12.4. The van der Waals surface area contributed by atoms with Crippen LogP contribution in [0.5, 0.6) is 5.75 Å². The van der Waals surface area contributed by atoms with Gasteiger partial charge >= 0.3 is 6.18 Å². The van der Waals surface area contributed by atoms with Gasteiger partial charge < -0.3 is 9.84 Å². The summed E-state index contributed by atoms with van der Waals surface area (Å²) >= 11 is 0. The molecule has 0 amide bonds. The maximum Gasteiger partial charge on any atom is 0.416 e. The fraction of sp³-hybridized carbons (Fsp3) is 0.333. The Bertz CT molecular complexity index is 397. The third kappa shape index (κ3) is 4.11. The van der Waals surface area contributed by atoms with Crippen LogP contribution >= 0.6 is 0 Å². The average Bonchev–Trinajstić information content (AvgIpc) is 2.26. The van der Waals surface area contributed by atoms with E-state index in [1.54, 1.807) is 0 Å². The van der Waals surface area contributed by atoms with E-state index in [9.17, 15) is 18.3 Å². The molecule has 1 unspecified atom stereocenters. The molecule has 0 radical (unpaired) electrons. The van der Waals surface area contributed by atoms with Gasteiger partial charge in [-0.25, -0.2) is 0 Å². The standard InChI is InChI=1S/C12H13F3O2/c1-3-11(2,16)8-17-10-6-4-5-9(7-10)12(13,14)15/h3-7,16H,1,8H2,2H3. The highest BCUT2D eigenvalue weighted by Gasteiger charge is 2.30. The zero-order valence-corrected chi connectivity index (χ0v) is 9.29. The number of alkyl halides is 3. The summed E-state index contributed by atoms with van der Waals surface area (Å²) in [6.45, 7) is 4.69. The van der Waals surface area contributed by atoms with Gasteiger partial charge in [-0.2, -0.15) is 13.2 Å². The molecule has 0 aliphatic rings. The highest BCUT2D eigenvalue weighted by molar-refractivity contribution is 5.30. The Hall–Kier alpha value is -1.49. The largest absolute Gasteiger partial charge is 0.490 e. The van der Waals surface area contributed by atoms with Gasteiger partial charge in [-0.05, 0) is 25.1 Å². The number of rotatable bonds is 4. The average molecular weight is 246 g/mol. The summed E-state index contributed by atoms with van der Waals surface area (Å²) in [5.74, 6) is 0.0574. The number of benzene rings is 1. The normalized spacial score (nSPS) is 15.1. The molecule has 0 saturated carbocycles. The van der Waals surface area contributed by atoms with E-state index in [1.165, 1.54) is 25.1 Å². The molecule has 0 fully saturated rings. The number of halogens is 3. The fourth-order valence-electron chi connectivity index (χ4n) is 1.05. The van der Waals surface area contributed by atoms with E-state index in [1.807, 2.05) is 0 Å². The summed E-state index contributed by atoms with van der Waals surface area (Å²) in [4.78, 5) is 0. The van der Waals surface area contributed by atoms with Crippen LogP contribution in [-0.4, -0.2) is 17.3 Å². The van der Waals surface area contributed by atoms with Gasteiger partial charge in [-0.1, -0.05) is 12.1 Å². The Morgan fingerprint density at radius 3 is 2.59 bits per heavy atom. The summed E-state index contributed by atoms with van der Waals surface area (Å²) in [6, 6.07) is 4.49. The number of hydrogen-bond donors (Lipinski definition) is 1. The Balaban J connectivity index is 2.77. The Labute approximate surface area is 97.3 Å². The number of hydrogen-bond acceptors (Lipinski definition) is 2. The summed E-state index contributed by atoms with van der Waals surface area (Å²) in [6.07, 6.45) is -3.14.